The minimum Gasteiger partial charge on any atom is -0.392 e. The molecule has 5 nitrogen and oxygen atoms in total. The van der Waals surface area contributed by atoms with Crippen molar-refractivity contribution in [3.05, 3.63) is 53.9 Å². The Morgan fingerprint density at radius 2 is 1.74 bits per heavy atom. The van der Waals surface area contributed by atoms with Gasteiger partial charge in [0.1, 0.15) is 0 Å². The van der Waals surface area contributed by atoms with E-state index in [1.165, 1.54) is 5.56 Å². The number of anilines is 1. The van der Waals surface area contributed by atoms with E-state index >= 15 is 0 Å². The van der Waals surface area contributed by atoms with Crippen LogP contribution in [0, 0.1) is 5.92 Å². The van der Waals surface area contributed by atoms with Crippen LogP contribution in [0.2, 0.25) is 0 Å². The van der Waals surface area contributed by atoms with Gasteiger partial charge in [0.2, 0.25) is 5.95 Å². The number of hydrogen-bond donors (Lipinski definition) is 2. The van der Waals surface area contributed by atoms with Crippen molar-refractivity contribution in [2.45, 2.75) is 31.9 Å². The number of nitrogens with zero attached hydrogens (tertiary/aromatic N) is 3. The van der Waals surface area contributed by atoms with Crippen LogP contribution in [0.5, 0.6) is 0 Å². The lowest BCUT2D eigenvalue weighted by Crippen LogP contribution is -2.38. The first-order chi connectivity index (χ1) is 11.2. The number of aliphatic hydroxyl groups excluding tert-OH is 1. The zero-order valence-electron chi connectivity index (χ0n) is 13.3. The van der Waals surface area contributed by atoms with E-state index in [1.807, 2.05) is 18.2 Å². The molecule has 2 aromatic rings. The van der Waals surface area contributed by atoms with E-state index in [1.54, 1.807) is 12.4 Å². The molecule has 1 aromatic heterocycles. The summed E-state index contributed by atoms with van der Waals surface area (Å²) in [5, 5.41) is 10.5. The first kappa shape index (κ1) is 15.9. The van der Waals surface area contributed by atoms with Gasteiger partial charge in [-0.3, -0.25) is 4.90 Å². The fourth-order valence-electron chi connectivity index (χ4n) is 3.22. The fraction of sp³-hybridized carbons (Fsp3) is 0.444. The number of nitrogen functional groups attached to an aromatic ring is 1. The van der Waals surface area contributed by atoms with Gasteiger partial charge in [0.15, 0.2) is 0 Å². The van der Waals surface area contributed by atoms with Crippen LogP contribution in [-0.4, -0.2) is 39.2 Å². The molecule has 1 aliphatic heterocycles. The van der Waals surface area contributed by atoms with Gasteiger partial charge < -0.3 is 10.8 Å². The molecule has 1 aromatic carbocycles. The Hall–Kier alpha value is -1.98. The highest BCUT2D eigenvalue weighted by Crippen LogP contribution is 2.24. The molecule has 1 saturated heterocycles. The van der Waals surface area contributed by atoms with Crippen LogP contribution in [0.4, 0.5) is 5.95 Å². The largest absolute Gasteiger partial charge is 0.392 e. The second-order valence-electron chi connectivity index (χ2n) is 6.32. The van der Waals surface area contributed by atoms with Crippen LogP contribution in [0.25, 0.3) is 0 Å². The van der Waals surface area contributed by atoms with Crippen molar-refractivity contribution < 1.29 is 5.11 Å². The molecule has 1 aliphatic rings. The molecular weight excluding hydrogens is 288 g/mol. The Kier molecular flexibility index (Phi) is 5.20. The normalized spacial score (nSPS) is 18.0. The molecule has 5 heteroatoms. The summed E-state index contributed by atoms with van der Waals surface area (Å²) in [7, 11) is 0. The summed E-state index contributed by atoms with van der Waals surface area (Å²) in [5.74, 6) is 0.700. The predicted octanol–water partition coefficient (Wildman–Crippen LogP) is 1.87. The molecule has 0 aliphatic carbocycles. The number of benzene rings is 1. The molecule has 1 fully saturated rings. The van der Waals surface area contributed by atoms with Gasteiger partial charge in [-0.15, -0.1) is 0 Å². The summed E-state index contributed by atoms with van der Waals surface area (Å²) < 4.78 is 0. The standard InChI is InChI=1S/C18H24N4O/c19-18-20-11-15(12-21-18)13-22-8-6-16(7-9-22)17(23)10-14-4-2-1-3-5-14/h1-5,11-12,16-17,23H,6-10,13H2,(H2,19,20,21)/t17-/m1/s1. The molecule has 0 bridgehead atoms. The van der Waals surface area contributed by atoms with Crippen molar-refractivity contribution in [1.82, 2.24) is 14.9 Å². The molecule has 122 valence electrons. The van der Waals surface area contributed by atoms with E-state index in [9.17, 15) is 5.11 Å². The van der Waals surface area contributed by atoms with Crippen LogP contribution < -0.4 is 5.73 Å². The molecular formula is C18H24N4O. The Balaban J connectivity index is 1.47. The average Bonchev–Trinajstić information content (AvgIpc) is 2.58. The van der Waals surface area contributed by atoms with Crippen LogP contribution in [0.1, 0.15) is 24.0 Å². The van der Waals surface area contributed by atoms with Crippen molar-refractivity contribution in [3.8, 4) is 0 Å². The molecule has 0 radical (unpaired) electrons. The number of likely N-dealkylation sites (tertiary alicyclic amines) is 1. The lowest BCUT2D eigenvalue weighted by Gasteiger charge is -2.34. The Morgan fingerprint density at radius 1 is 1.09 bits per heavy atom. The highest BCUT2D eigenvalue weighted by Gasteiger charge is 2.25. The molecule has 2 heterocycles. The van der Waals surface area contributed by atoms with Gasteiger partial charge in [0.05, 0.1) is 6.10 Å². The van der Waals surface area contributed by atoms with Crippen LogP contribution in [0.15, 0.2) is 42.7 Å². The maximum atomic E-state index is 10.5. The number of aliphatic hydroxyl groups is 1. The third-order valence-corrected chi connectivity index (χ3v) is 4.60. The summed E-state index contributed by atoms with van der Waals surface area (Å²) >= 11 is 0. The van der Waals surface area contributed by atoms with Gasteiger partial charge >= 0.3 is 0 Å². The van der Waals surface area contributed by atoms with Gasteiger partial charge in [0.25, 0.3) is 0 Å². The Bertz CT molecular complexity index is 594. The molecule has 0 spiro atoms. The molecule has 0 amide bonds. The van der Waals surface area contributed by atoms with Gasteiger partial charge in [0, 0.05) is 24.5 Å². The van der Waals surface area contributed by atoms with Gasteiger partial charge in [-0.05, 0) is 43.8 Å². The summed E-state index contributed by atoms with van der Waals surface area (Å²) in [5.41, 5.74) is 7.81. The summed E-state index contributed by atoms with van der Waals surface area (Å²) in [4.78, 5) is 10.5. The zero-order valence-corrected chi connectivity index (χ0v) is 13.3. The number of nitrogens with two attached hydrogens (primary N) is 1. The molecule has 3 N–H and O–H groups in total. The first-order valence-electron chi connectivity index (χ1n) is 8.21. The molecule has 23 heavy (non-hydrogen) atoms. The number of aromatic nitrogens is 2. The topological polar surface area (TPSA) is 75.3 Å². The third kappa shape index (κ3) is 4.50. The van der Waals surface area contributed by atoms with E-state index in [0.717, 1.165) is 44.5 Å². The Morgan fingerprint density at radius 3 is 2.39 bits per heavy atom. The predicted molar refractivity (Wildman–Crippen MR) is 90.6 cm³/mol. The van der Waals surface area contributed by atoms with E-state index < -0.39 is 0 Å². The molecule has 0 saturated carbocycles. The van der Waals surface area contributed by atoms with Gasteiger partial charge in [-0.1, -0.05) is 30.3 Å². The first-order valence-corrected chi connectivity index (χ1v) is 8.21. The maximum absolute atomic E-state index is 10.5. The number of rotatable bonds is 5. The number of hydrogen-bond acceptors (Lipinski definition) is 5. The summed E-state index contributed by atoms with van der Waals surface area (Å²) in [6.45, 7) is 2.85. The van der Waals surface area contributed by atoms with Gasteiger partial charge in [-0.25, -0.2) is 9.97 Å². The van der Waals surface area contributed by atoms with Crippen molar-refractivity contribution in [2.75, 3.05) is 18.8 Å². The van der Waals surface area contributed by atoms with Crippen molar-refractivity contribution in [3.63, 3.8) is 0 Å². The van der Waals surface area contributed by atoms with E-state index in [0.29, 0.717) is 11.9 Å². The minimum atomic E-state index is -0.251. The maximum Gasteiger partial charge on any atom is 0.219 e. The Labute approximate surface area is 137 Å². The van der Waals surface area contributed by atoms with Crippen molar-refractivity contribution in [1.29, 1.82) is 0 Å². The zero-order chi connectivity index (χ0) is 16.1. The lowest BCUT2D eigenvalue weighted by atomic mass is 9.88. The summed E-state index contributed by atoms with van der Waals surface area (Å²) in [6.07, 6.45) is 6.14. The summed E-state index contributed by atoms with van der Waals surface area (Å²) in [6, 6.07) is 10.2. The highest BCUT2D eigenvalue weighted by atomic mass is 16.3. The minimum absolute atomic E-state index is 0.251. The second kappa shape index (κ2) is 7.53. The van der Waals surface area contributed by atoms with E-state index in [2.05, 4.69) is 27.0 Å². The molecule has 1 atom stereocenters. The second-order valence-corrected chi connectivity index (χ2v) is 6.32. The smallest absolute Gasteiger partial charge is 0.219 e. The van der Waals surface area contributed by atoms with Gasteiger partial charge in [-0.2, -0.15) is 0 Å². The lowest BCUT2D eigenvalue weighted by molar-refractivity contribution is 0.0576. The van der Waals surface area contributed by atoms with E-state index in [4.69, 9.17) is 5.73 Å². The number of piperidine rings is 1. The quantitative estimate of drug-likeness (QED) is 0.881. The van der Waals surface area contributed by atoms with Crippen molar-refractivity contribution in [2.24, 2.45) is 5.92 Å². The van der Waals surface area contributed by atoms with Crippen LogP contribution in [-0.2, 0) is 13.0 Å². The SMILES string of the molecule is Nc1ncc(CN2CCC([C@H](O)Cc3ccccc3)CC2)cn1. The molecule has 3 rings (SSSR count). The monoisotopic (exact) mass is 312 g/mol. The van der Waals surface area contributed by atoms with Crippen LogP contribution in [0.3, 0.4) is 0 Å². The molecule has 0 unspecified atom stereocenters. The highest BCUT2D eigenvalue weighted by molar-refractivity contribution is 5.17. The van der Waals surface area contributed by atoms with Crippen LogP contribution >= 0.6 is 0 Å². The van der Waals surface area contributed by atoms with Crippen molar-refractivity contribution >= 4 is 5.95 Å². The average molecular weight is 312 g/mol. The third-order valence-electron chi connectivity index (χ3n) is 4.60. The fourth-order valence-corrected chi connectivity index (χ4v) is 3.22. The van der Waals surface area contributed by atoms with E-state index in [-0.39, 0.29) is 6.10 Å².